The highest BCUT2D eigenvalue weighted by molar-refractivity contribution is 6.53. The largest absolute Gasteiger partial charge is 0.489 e. The molecule has 0 spiro atoms. The van der Waals surface area contributed by atoms with Gasteiger partial charge in [-0.15, -0.1) is 0 Å². The van der Waals surface area contributed by atoms with Crippen molar-refractivity contribution in [2.75, 3.05) is 19.7 Å². The summed E-state index contributed by atoms with van der Waals surface area (Å²) in [6.45, 7) is 11.9. The zero-order chi connectivity index (χ0) is 14.5. The highest BCUT2D eigenvalue weighted by Gasteiger charge is 2.32. The van der Waals surface area contributed by atoms with Crippen LogP contribution in [0.25, 0.3) is 0 Å². The number of hydrogen-bond donors (Lipinski definition) is 0. The Kier molecular flexibility index (Phi) is 6.08. The number of carbonyl (C=O) groups is 1. The summed E-state index contributed by atoms with van der Waals surface area (Å²) < 4.78 is 11.8. The van der Waals surface area contributed by atoms with Crippen LogP contribution in [-0.4, -0.2) is 43.2 Å². The van der Waals surface area contributed by atoms with Crippen LogP contribution >= 0.6 is 0 Å². The van der Waals surface area contributed by atoms with Crippen LogP contribution in [0.15, 0.2) is 11.5 Å². The minimum atomic E-state index is -0.283. The Bertz CT molecular complexity index is 342. The van der Waals surface area contributed by atoms with Gasteiger partial charge in [0.25, 0.3) is 0 Å². The fourth-order valence-corrected chi connectivity index (χ4v) is 1.93. The normalized spacial score (nSPS) is 16.3. The van der Waals surface area contributed by atoms with Crippen molar-refractivity contribution in [3.63, 3.8) is 0 Å². The van der Waals surface area contributed by atoms with Gasteiger partial charge in [-0.1, -0.05) is 13.0 Å². The van der Waals surface area contributed by atoms with Gasteiger partial charge < -0.3 is 14.2 Å². The SMILES string of the molecule is CCOB(OC(C)(C)CC)C1=CCN(C(C)=O)CC1. The van der Waals surface area contributed by atoms with Crippen LogP contribution in [0.4, 0.5) is 0 Å². The first-order valence-electron chi connectivity index (χ1n) is 7.13. The Labute approximate surface area is 117 Å². The van der Waals surface area contributed by atoms with Gasteiger partial charge in [0.1, 0.15) is 0 Å². The number of rotatable bonds is 6. The average molecular weight is 267 g/mol. The van der Waals surface area contributed by atoms with Crippen molar-refractivity contribution >= 4 is 13.0 Å². The lowest BCUT2D eigenvalue weighted by Crippen LogP contribution is -2.41. The maximum Gasteiger partial charge on any atom is 0.489 e. The van der Waals surface area contributed by atoms with E-state index in [-0.39, 0.29) is 18.6 Å². The van der Waals surface area contributed by atoms with E-state index in [1.165, 1.54) is 0 Å². The molecule has 0 aromatic heterocycles. The first-order chi connectivity index (χ1) is 8.89. The zero-order valence-electron chi connectivity index (χ0n) is 12.9. The number of nitrogens with zero attached hydrogens (tertiary/aromatic N) is 1. The molecule has 0 radical (unpaired) electrons. The quantitative estimate of drug-likeness (QED) is 0.694. The smallest absolute Gasteiger partial charge is 0.408 e. The Balaban J connectivity index is 2.70. The van der Waals surface area contributed by atoms with Crippen LogP contribution in [0.5, 0.6) is 0 Å². The van der Waals surface area contributed by atoms with Crippen LogP contribution < -0.4 is 0 Å². The molecule has 0 fully saturated rings. The molecule has 0 aromatic carbocycles. The van der Waals surface area contributed by atoms with E-state index in [9.17, 15) is 4.79 Å². The van der Waals surface area contributed by atoms with Crippen LogP contribution in [0.3, 0.4) is 0 Å². The van der Waals surface area contributed by atoms with E-state index in [0.717, 1.165) is 24.9 Å². The molecular weight excluding hydrogens is 241 g/mol. The number of carbonyl (C=O) groups excluding carboxylic acids is 1. The molecule has 108 valence electrons. The molecule has 0 unspecified atom stereocenters. The molecule has 4 nitrogen and oxygen atoms in total. The van der Waals surface area contributed by atoms with Gasteiger partial charge in [-0.25, -0.2) is 0 Å². The van der Waals surface area contributed by atoms with Crippen molar-refractivity contribution < 1.29 is 14.1 Å². The highest BCUT2D eigenvalue weighted by atomic mass is 16.6. The van der Waals surface area contributed by atoms with E-state index >= 15 is 0 Å². The lowest BCUT2D eigenvalue weighted by Gasteiger charge is -2.32. The molecule has 1 aliphatic rings. The van der Waals surface area contributed by atoms with E-state index in [1.807, 2.05) is 11.8 Å². The van der Waals surface area contributed by atoms with E-state index < -0.39 is 0 Å². The molecule has 1 aliphatic heterocycles. The molecule has 19 heavy (non-hydrogen) atoms. The third kappa shape index (κ3) is 4.99. The molecule has 5 heteroatoms. The van der Waals surface area contributed by atoms with Crippen LogP contribution in [0.1, 0.15) is 47.5 Å². The van der Waals surface area contributed by atoms with Gasteiger partial charge in [0.15, 0.2) is 0 Å². The van der Waals surface area contributed by atoms with Crippen molar-refractivity contribution in [2.45, 2.75) is 53.1 Å². The summed E-state index contributed by atoms with van der Waals surface area (Å²) in [6, 6.07) is 0. The lowest BCUT2D eigenvalue weighted by molar-refractivity contribution is -0.128. The summed E-state index contributed by atoms with van der Waals surface area (Å²) >= 11 is 0. The van der Waals surface area contributed by atoms with Gasteiger partial charge in [0.05, 0.1) is 0 Å². The van der Waals surface area contributed by atoms with E-state index in [1.54, 1.807) is 6.92 Å². The maximum atomic E-state index is 11.3. The van der Waals surface area contributed by atoms with Gasteiger partial charge in [0.2, 0.25) is 5.91 Å². The lowest BCUT2D eigenvalue weighted by atomic mass is 9.73. The molecule has 1 rings (SSSR count). The molecular formula is C14H26BNO3. The second-order valence-corrected chi connectivity index (χ2v) is 5.51. The van der Waals surface area contributed by atoms with Gasteiger partial charge in [-0.3, -0.25) is 4.79 Å². The number of hydrogen-bond acceptors (Lipinski definition) is 3. The van der Waals surface area contributed by atoms with Crippen molar-refractivity contribution in [1.82, 2.24) is 4.90 Å². The third-order valence-electron chi connectivity index (χ3n) is 3.59. The summed E-state index contributed by atoms with van der Waals surface area (Å²) in [4.78, 5) is 13.1. The Hall–Kier alpha value is -0.805. The molecule has 1 heterocycles. The molecule has 0 saturated heterocycles. The van der Waals surface area contributed by atoms with Crippen molar-refractivity contribution in [3.05, 3.63) is 11.5 Å². The van der Waals surface area contributed by atoms with Gasteiger partial charge in [-0.2, -0.15) is 0 Å². The van der Waals surface area contributed by atoms with Gasteiger partial charge in [-0.05, 0) is 39.1 Å². The van der Waals surface area contributed by atoms with E-state index in [2.05, 4.69) is 26.8 Å². The monoisotopic (exact) mass is 267 g/mol. The summed E-state index contributed by atoms with van der Waals surface area (Å²) in [5.74, 6) is 0.123. The van der Waals surface area contributed by atoms with E-state index in [4.69, 9.17) is 9.31 Å². The fraction of sp³-hybridized carbons (Fsp3) is 0.786. The molecule has 1 amide bonds. The van der Waals surface area contributed by atoms with Crippen LogP contribution in [0, 0.1) is 0 Å². The maximum absolute atomic E-state index is 11.3. The second-order valence-electron chi connectivity index (χ2n) is 5.51. The van der Waals surface area contributed by atoms with Crippen LogP contribution in [0.2, 0.25) is 0 Å². The zero-order valence-corrected chi connectivity index (χ0v) is 12.9. The fourth-order valence-electron chi connectivity index (χ4n) is 1.93. The molecule has 0 aromatic rings. The second kappa shape index (κ2) is 7.10. The van der Waals surface area contributed by atoms with Gasteiger partial charge in [0, 0.05) is 32.2 Å². The van der Waals surface area contributed by atoms with Gasteiger partial charge >= 0.3 is 7.12 Å². The average Bonchev–Trinajstić information content (AvgIpc) is 2.38. The summed E-state index contributed by atoms with van der Waals surface area (Å²) in [7, 11) is -0.283. The Morgan fingerprint density at radius 1 is 1.47 bits per heavy atom. The van der Waals surface area contributed by atoms with Crippen LogP contribution in [-0.2, 0) is 14.1 Å². The molecule has 0 saturated carbocycles. The minimum Gasteiger partial charge on any atom is -0.408 e. The highest BCUT2D eigenvalue weighted by Crippen LogP contribution is 2.22. The minimum absolute atomic E-state index is 0.123. The number of amides is 1. The molecule has 0 bridgehead atoms. The third-order valence-corrected chi connectivity index (χ3v) is 3.59. The topological polar surface area (TPSA) is 38.8 Å². The predicted molar refractivity (Wildman–Crippen MR) is 77.8 cm³/mol. The van der Waals surface area contributed by atoms with Crippen molar-refractivity contribution in [3.8, 4) is 0 Å². The first kappa shape index (κ1) is 16.2. The van der Waals surface area contributed by atoms with E-state index in [0.29, 0.717) is 13.2 Å². The molecule has 0 atom stereocenters. The first-order valence-corrected chi connectivity index (χ1v) is 7.13. The summed E-state index contributed by atoms with van der Waals surface area (Å²) in [5.41, 5.74) is 0.958. The summed E-state index contributed by atoms with van der Waals surface area (Å²) in [6.07, 6.45) is 3.82. The molecule has 0 aliphatic carbocycles. The Morgan fingerprint density at radius 3 is 2.58 bits per heavy atom. The van der Waals surface area contributed by atoms with Crippen molar-refractivity contribution in [1.29, 1.82) is 0 Å². The predicted octanol–water partition coefficient (Wildman–Crippen LogP) is 2.43. The molecule has 0 N–H and O–H groups in total. The van der Waals surface area contributed by atoms with Crippen molar-refractivity contribution in [2.24, 2.45) is 0 Å². The Morgan fingerprint density at radius 2 is 2.16 bits per heavy atom. The standard InChI is InChI=1S/C14H26BNO3/c1-6-14(4,5)19-15(18-7-2)13-8-10-16(11-9-13)12(3)17/h8H,6-7,9-11H2,1-5H3. The summed E-state index contributed by atoms with van der Waals surface area (Å²) in [5, 5.41) is 0.